The first-order chi connectivity index (χ1) is 12.8. The van der Waals surface area contributed by atoms with Crippen molar-refractivity contribution in [2.24, 2.45) is 4.99 Å². The monoisotopic (exact) mass is 486 g/mol. The predicted octanol–water partition coefficient (Wildman–Crippen LogP) is 2.27. The van der Waals surface area contributed by atoms with Gasteiger partial charge in [0, 0.05) is 39.7 Å². The molecule has 0 spiro atoms. The van der Waals surface area contributed by atoms with E-state index in [0.717, 1.165) is 63.9 Å². The van der Waals surface area contributed by atoms with Gasteiger partial charge in [0.15, 0.2) is 5.96 Å². The Morgan fingerprint density at radius 3 is 2.67 bits per heavy atom. The van der Waals surface area contributed by atoms with Gasteiger partial charge in [0.05, 0.1) is 6.61 Å². The number of halogens is 1. The molecule has 8 heteroatoms. The third kappa shape index (κ3) is 9.18. The number of hydrogen-bond donors (Lipinski definition) is 2. The van der Waals surface area contributed by atoms with E-state index >= 15 is 0 Å². The molecule has 0 bridgehead atoms. The van der Waals surface area contributed by atoms with Gasteiger partial charge in [-0.15, -0.1) is 34.2 Å². The quantitative estimate of drug-likeness (QED) is 0.221. The minimum atomic E-state index is 0. The molecular formula is C19H31IN6O. The smallest absolute Gasteiger partial charge is 0.191 e. The van der Waals surface area contributed by atoms with E-state index in [1.54, 1.807) is 13.4 Å². The normalized spacial score (nSPS) is 11.1. The number of nitrogens with zero attached hydrogens (tertiary/aromatic N) is 4. The van der Waals surface area contributed by atoms with Crippen molar-refractivity contribution in [3.63, 3.8) is 0 Å². The van der Waals surface area contributed by atoms with E-state index in [9.17, 15) is 0 Å². The lowest BCUT2D eigenvalue weighted by molar-refractivity contribution is 0.135. The van der Waals surface area contributed by atoms with Crippen LogP contribution in [0.25, 0.3) is 0 Å². The lowest BCUT2D eigenvalue weighted by atomic mass is 10.2. The molecule has 0 aliphatic heterocycles. The fraction of sp³-hybridized carbons (Fsp3) is 0.526. The van der Waals surface area contributed by atoms with E-state index in [1.807, 2.05) is 6.07 Å². The highest BCUT2D eigenvalue weighted by Crippen LogP contribution is 1.99. The lowest BCUT2D eigenvalue weighted by Gasteiger charge is -2.12. The van der Waals surface area contributed by atoms with Gasteiger partial charge >= 0.3 is 0 Å². The van der Waals surface area contributed by atoms with Gasteiger partial charge in [0.2, 0.25) is 0 Å². The van der Waals surface area contributed by atoms with Gasteiger partial charge in [-0.1, -0.05) is 37.3 Å². The van der Waals surface area contributed by atoms with Crippen molar-refractivity contribution in [2.75, 3.05) is 33.4 Å². The fourth-order valence-corrected chi connectivity index (χ4v) is 2.57. The molecule has 1 heterocycles. The Balaban J connectivity index is 0.00000364. The number of benzene rings is 1. The summed E-state index contributed by atoms with van der Waals surface area (Å²) in [5.74, 6) is 1.81. The second-order valence-corrected chi connectivity index (χ2v) is 5.92. The highest BCUT2D eigenvalue weighted by molar-refractivity contribution is 14.0. The second-order valence-electron chi connectivity index (χ2n) is 5.92. The van der Waals surface area contributed by atoms with Crippen molar-refractivity contribution < 1.29 is 4.74 Å². The molecule has 0 atom stereocenters. The Bertz CT molecular complexity index is 647. The Morgan fingerprint density at radius 2 is 1.93 bits per heavy atom. The number of guanidine groups is 1. The van der Waals surface area contributed by atoms with Crippen LogP contribution >= 0.6 is 24.0 Å². The molecule has 0 unspecified atom stereocenters. The lowest BCUT2D eigenvalue weighted by Crippen LogP contribution is -2.39. The van der Waals surface area contributed by atoms with Gasteiger partial charge in [-0.2, -0.15) is 0 Å². The van der Waals surface area contributed by atoms with Crippen LogP contribution < -0.4 is 10.6 Å². The Labute approximate surface area is 179 Å². The minimum absolute atomic E-state index is 0. The molecule has 2 rings (SSSR count). The first kappa shape index (κ1) is 23.4. The van der Waals surface area contributed by atoms with Gasteiger partial charge in [0.1, 0.15) is 12.2 Å². The summed E-state index contributed by atoms with van der Waals surface area (Å²) >= 11 is 0. The summed E-state index contributed by atoms with van der Waals surface area (Å²) in [7, 11) is 1.78. The molecule has 27 heavy (non-hydrogen) atoms. The number of aromatic nitrogens is 3. The first-order valence-corrected chi connectivity index (χ1v) is 9.26. The highest BCUT2D eigenvalue weighted by atomic mass is 127. The van der Waals surface area contributed by atoms with Crippen molar-refractivity contribution in [1.29, 1.82) is 0 Å². The molecule has 0 radical (unpaired) electrons. The highest BCUT2D eigenvalue weighted by Gasteiger charge is 2.02. The minimum Gasteiger partial charge on any atom is -0.381 e. The van der Waals surface area contributed by atoms with Crippen LogP contribution in [-0.2, 0) is 24.1 Å². The zero-order valence-corrected chi connectivity index (χ0v) is 18.6. The largest absolute Gasteiger partial charge is 0.381 e. The molecule has 1 aromatic carbocycles. The van der Waals surface area contributed by atoms with Crippen LogP contribution in [0.5, 0.6) is 0 Å². The molecule has 2 N–H and O–H groups in total. The Morgan fingerprint density at radius 1 is 1.15 bits per heavy atom. The van der Waals surface area contributed by atoms with Gasteiger partial charge < -0.3 is 19.9 Å². The number of aliphatic imine (C=N–C) groups is 1. The Kier molecular flexibility index (Phi) is 12.4. The zero-order valence-electron chi connectivity index (χ0n) is 16.2. The average molecular weight is 486 g/mol. The van der Waals surface area contributed by atoms with Crippen molar-refractivity contribution in [3.05, 3.63) is 48.0 Å². The third-order valence-corrected chi connectivity index (χ3v) is 4.02. The number of rotatable bonds is 11. The summed E-state index contributed by atoms with van der Waals surface area (Å²) in [6.07, 6.45) is 4.56. The second kappa shape index (κ2) is 14.4. The standard InChI is InChI=1S/C19H30N6O.HI/c1-3-18-24-23-16-25(18)13-12-22-19(20-2)21-11-7-14-26-15-10-17-8-5-4-6-9-17;/h4-6,8-9,16H,3,7,10-15H2,1-2H3,(H2,20,21,22);1H. The maximum Gasteiger partial charge on any atom is 0.191 e. The maximum absolute atomic E-state index is 5.69. The van der Waals surface area contributed by atoms with Crippen molar-refractivity contribution in [3.8, 4) is 0 Å². The van der Waals surface area contributed by atoms with Crippen LogP contribution in [0.2, 0.25) is 0 Å². The molecule has 0 aliphatic rings. The topological polar surface area (TPSA) is 76.4 Å². The van der Waals surface area contributed by atoms with E-state index < -0.39 is 0 Å². The van der Waals surface area contributed by atoms with Gasteiger partial charge in [-0.3, -0.25) is 4.99 Å². The summed E-state index contributed by atoms with van der Waals surface area (Å²) in [4.78, 5) is 4.24. The summed E-state index contributed by atoms with van der Waals surface area (Å²) in [6, 6.07) is 10.4. The maximum atomic E-state index is 5.69. The van der Waals surface area contributed by atoms with E-state index in [2.05, 4.69) is 61.6 Å². The summed E-state index contributed by atoms with van der Waals surface area (Å²) < 4.78 is 7.75. The van der Waals surface area contributed by atoms with E-state index in [1.165, 1.54) is 5.56 Å². The molecule has 0 aliphatic carbocycles. The average Bonchev–Trinajstić information content (AvgIpc) is 3.14. The van der Waals surface area contributed by atoms with Crippen LogP contribution in [0.15, 0.2) is 41.7 Å². The SMILES string of the molecule is CCc1nncn1CCNC(=NC)NCCCOCCc1ccccc1.I. The first-order valence-electron chi connectivity index (χ1n) is 9.26. The molecule has 150 valence electrons. The molecule has 0 saturated carbocycles. The summed E-state index contributed by atoms with van der Waals surface area (Å²) in [6.45, 7) is 6.01. The van der Waals surface area contributed by atoms with E-state index in [0.29, 0.717) is 0 Å². The fourth-order valence-electron chi connectivity index (χ4n) is 2.57. The van der Waals surface area contributed by atoms with Crippen LogP contribution in [0, 0.1) is 0 Å². The van der Waals surface area contributed by atoms with Crippen LogP contribution in [-0.4, -0.2) is 54.1 Å². The zero-order chi connectivity index (χ0) is 18.5. The van der Waals surface area contributed by atoms with Crippen molar-refractivity contribution in [1.82, 2.24) is 25.4 Å². The molecule has 2 aromatic rings. The van der Waals surface area contributed by atoms with Crippen molar-refractivity contribution in [2.45, 2.75) is 32.7 Å². The van der Waals surface area contributed by atoms with Crippen LogP contribution in [0.1, 0.15) is 24.7 Å². The Hall–Kier alpha value is -1.68. The molecule has 0 fully saturated rings. The molecule has 1 aromatic heterocycles. The molecular weight excluding hydrogens is 455 g/mol. The van der Waals surface area contributed by atoms with Gasteiger partial charge in [-0.05, 0) is 18.4 Å². The number of aryl methyl sites for hydroxylation is 1. The number of nitrogens with one attached hydrogen (secondary N) is 2. The summed E-state index contributed by atoms with van der Waals surface area (Å²) in [5.41, 5.74) is 1.31. The van der Waals surface area contributed by atoms with E-state index in [4.69, 9.17) is 4.74 Å². The van der Waals surface area contributed by atoms with Crippen LogP contribution in [0.4, 0.5) is 0 Å². The predicted molar refractivity (Wildman–Crippen MR) is 120 cm³/mol. The molecule has 0 amide bonds. The van der Waals surface area contributed by atoms with Gasteiger partial charge in [-0.25, -0.2) is 0 Å². The molecule has 7 nitrogen and oxygen atoms in total. The van der Waals surface area contributed by atoms with Gasteiger partial charge in [0.25, 0.3) is 0 Å². The van der Waals surface area contributed by atoms with Crippen LogP contribution in [0.3, 0.4) is 0 Å². The van der Waals surface area contributed by atoms with E-state index in [-0.39, 0.29) is 24.0 Å². The summed E-state index contributed by atoms with van der Waals surface area (Å²) in [5, 5.41) is 14.6. The number of hydrogen-bond acceptors (Lipinski definition) is 4. The number of ether oxygens (including phenoxy) is 1. The third-order valence-electron chi connectivity index (χ3n) is 4.02. The van der Waals surface area contributed by atoms with Crippen molar-refractivity contribution >= 4 is 29.9 Å². The molecule has 0 saturated heterocycles.